The number of hydrogen-bond donors (Lipinski definition) is 2. The maximum Gasteiger partial charge on any atom is 0.416 e. The number of carbonyl (C=O) groups is 1. The van der Waals surface area contributed by atoms with Crippen LogP contribution in [0.15, 0.2) is 35.4 Å². The number of alkyl halides is 5. The molecule has 3 rings (SSSR count). The first-order valence-corrected chi connectivity index (χ1v) is 7.89. The highest BCUT2D eigenvalue weighted by Crippen LogP contribution is 2.35. The second-order valence-corrected chi connectivity index (χ2v) is 6.01. The van der Waals surface area contributed by atoms with E-state index in [0.29, 0.717) is 0 Å². The van der Waals surface area contributed by atoms with Gasteiger partial charge in [-0.2, -0.15) is 18.3 Å². The summed E-state index contributed by atoms with van der Waals surface area (Å²) in [5, 5.41) is 8.36. The lowest BCUT2D eigenvalue weighted by Gasteiger charge is -2.12. The molecule has 28 heavy (non-hydrogen) atoms. The summed E-state index contributed by atoms with van der Waals surface area (Å²) in [6.45, 7) is -0.896. The number of aryl methyl sites for hydroxylation is 1. The molecular formula is C17H13F5N4O2. The van der Waals surface area contributed by atoms with Crippen molar-refractivity contribution in [2.45, 2.75) is 12.6 Å². The fraction of sp³-hybridized carbons (Fsp3) is 0.235. The van der Waals surface area contributed by atoms with E-state index < -0.39 is 36.2 Å². The van der Waals surface area contributed by atoms with Gasteiger partial charge in [0.25, 0.3) is 17.9 Å². The molecule has 0 aliphatic carbocycles. The molecule has 0 saturated heterocycles. The van der Waals surface area contributed by atoms with Crippen LogP contribution in [-0.4, -0.2) is 33.6 Å². The number of pyridine rings is 1. The molecule has 0 spiro atoms. The van der Waals surface area contributed by atoms with Crippen LogP contribution in [0.25, 0.3) is 22.0 Å². The Balaban J connectivity index is 2.20. The zero-order chi connectivity index (χ0) is 20.6. The summed E-state index contributed by atoms with van der Waals surface area (Å²) < 4.78 is 65.3. The fourth-order valence-corrected chi connectivity index (χ4v) is 2.74. The first-order valence-electron chi connectivity index (χ1n) is 7.89. The van der Waals surface area contributed by atoms with Crippen molar-refractivity contribution in [3.8, 4) is 11.1 Å². The van der Waals surface area contributed by atoms with Gasteiger partial charge in [-0.15, -0.1) is 0 Å². The summed E-state index contributed by atoms with van der Waals surface area (Å²) in [7, 11) is 1.30. The molecule has 1 aromatic carbocycles. The van der Waals surface area contributed by atoms with Gasteiger partial charge in [-0.3, -0.25) is 14.7 Å². The highest BCUT2D eigenvalue weighted by atomic mass is 19.4. The normalized spacial score (nSPS) is 12.0. The molecule has 0 atom stereocenters. The van der Waals surface area contributed by atoms with Crippen LogP contribution in [-0.2, 0) is 13.2 Å². The molecule has 0 bridgehead atoms. The van der Waals surface area contributed by atoms with E-state index in [1.165, 1.54) is 13.2 Å². The number of aromatic amines is 1. The van der Waals surface area contributed by atoms with Crippen LogP contribution in [0.1, 0.15) is 15.9 Å². The Bertz CT molecular complexity index is 1100. The number of benzene rings is 1. The molecule has 3 aromatic rings. The lowest BCUT2D eigenvalue weighted by atomic mass is 9.98. The quantitative estimate of drug-likeness (QED) is 0.661. The molecule has 148 valence electrons. The van der Waals surface area contributed by atoms with Crippen LogP contribution >= 0.6 is 0 Å². The van der Waals surface area contributed by atoms with E-state index in [2.05, 4.69) is 10.2 Å². The Labute approximate surface area is 154 Å². The Hall–Kier alpha value is -3.24. The van der Waals surface area contributed by atoms with Crippen LogP contribution in [0, 0.1) is 0 Å². The van der Waals surface area contributed by atoms with E-state index in [1.54, 1.807) is 0 Å². The molecule has 2 aromatic heterocycles. The molecule has 2 N–H and O–H groups in total. The number of hydrogen-bond acceptors (Lipinski definition) is 3. The third-order valence-corrected chi connectivity index (χ3v) is 4.04. The molecule has 6 nitrogen and oxygen atoms in total. The van der Waals surface area contributed by atoms with Crippen LogP contribution in [0.3, 0.4) is 0 Å². The molecule has 2 heterocycles. The lowest BCUT2D eigenvalue weighted by Crippen LogP contribution is -2.30. The standard InChI is InChI=1S/C17H13F5N4O2/c1-26-7-8(15(27)23-6-14(18)19)2-11(16(26)28)10-3-9(17(20,21)22)4-13-12(10)5-24-25-13/h2-5,7,14H,6H2,1H3,(H,23,27)(H,24,25). The Morgan fingerprint density at radius 3 is 2.61 bits per heavy atom. The topological polar surface area (TPSA) is 79.8 Å². The summed E-state index contributed by atoms with van der Waals surface area (Å²) in [5.74, 6) is -0.882. The number of aromatic nitrogens is 3. The van der Waals surface area contributed by atoms with Crippen molar-refractivity contribution in [2.75, 3.05) is 6.54 Å². The highest BCUT2D eigenvalue weighted by Gasteiger charge is 2.32. The summed E-state index contributed by atoms with van der Waals surface area (Å²) in [5.41, 5.74) is -2.03. The van der Waals surface area contributed by atoms with Gasteiger partial charge in [-0.25, -0.2) is 8.78 Å². The van der Waals surface area contributed by atoms with E-state index >= 15 is 0 Å². The predicted molar refractivity (Wildman–Crippen MR) is 90.1 cm³/mol. The third kappa shape index (κ3) is 3.73. The first-order chi connectivity index (χ1) is 13.1. The van der Waals surface area contributed by atoms with Gasteiger partial charge < -0.3 is 9.88 Å². The van der Waals surface area contributed by atoms with E-state index in [-0.39, 0.29) is 27.6 Å². The second-order valence-electron chi connectivity index (χ2n) is 6.01. The van der Waals surface area contributed by atoms with Crippen LogP contribution in [0.5, 0.6) is 0 Å². The van der Waals surface area contributed by atoms with Gasteiger partial charge in [0.2, 0.25) is 0 Å². The molecule has 0 fully saturated rings. The highest BCUT2D eigenvalue weighted by molar-refractivity contribution is 5.98. The van der Waals surface area contributed by atoms with Crippen LogP contribution < -0.4 is 10.9 Å². The minimum Gasteiger partial charge on any atom is -0.346 e. The number of amides is 1. The lowest BCUT2D eigenvalue weighted by molar-refractivity contribution is -0.137. The van der Waals surface area contributed by atoms with E-state index in [4.69, 9.17) is 0 Å². The number of rotatable bonds is 4. The minimum absolute atomic E-state index is 0.0550. The third-order valence-electron chi connectivity index (χ3n) is 4.04. The maximum absolute atomic E-state index is 13.2. The molecule has 0 aliphatic heterocycles. The average molecular weight is 400 g/mol. The van der Waals surface area contributed by atoms with E-state index in [9.17, 15) is 31.5 Å². The number of nitrogens with one attached hydrogen (secondary N) is 2. The van der Waals surface area contributed by atoms with Crippen molar-refractivity contribution in [1.29, 1.82) is 0 Å². The van der Waals surface area contributed by atoms with Crippen molar-refractivity contribution in [1.82, 2.24) is 20.1 Å². The molecule has 0 aliphatic rings. The maximum atomic E-state index is 13.2. The zero-order valence-electron chi connectivity index (χ0n) is 14.3. The van der Waals surface area contributed by atoms with Gasteiger partial charge >= 0.3 is 6.18 Å². The van der Waals surface area contributed by atoms with E-state index in [1.807, 2.05) is 5.32 Å². The average Bonchev–Trinajstić information content (AvgIpc) is 3.09. The van der Waals surface area contributed by atoms with Gasteiger partial charge in [0, 0.05) is 24.2 Å². The van der Waals surface area contributed by atoms with Crippen LogP contribution in [0.4, 0.5) is 22.0 Å². The van der Waals surface area contributed by atoms with Gasteiger partial charge in [0.1, 0.15) is 0 Å². The summed E-state index contributed by atoms with van der Waals surface area (Å²) in [4.78, 5) is 24.6. The largest absolute Gasteiger partial charge is 0.416 e. The van der Waals surface area contributed by atoms with E-state index in [0.717, 1.165) is 29.0 Å². The Morgan fingerprint density at radius 1 is 1.25 bits per heavy atom. The molecular weight excluding hydrogens is 387 g/mol. The van der Waals surface area contributed by atoms with Gasteiger partial charge in [0.15, 0.2) is 0 Å². The van der Waals surface area contributed by atoms with Crippen molar-refractivity contribution in [2.24, 2.45) is 7.05 Å². The number of fused-ring (bicyclic) bond motifs is 1. The number of halogens is 5. The minimum atomic E-state index is -4.68. The fourth-order valence-electron chi connectivity index (χ4n) is 2.74. The number of H-pyrrole nitrogens is 1. The van der Waals surface area contributed by atoms with Gasteiger partial charge in [0.05, 0.1) is 29.4 Å². The van der Waals surface area contributed by atoms with Crippen LogP contribution in [0.2, 0.25) is 0 Å². The first kappa shape index (κ1) is 19.5. The second kappa shape index (κ2) is 7.06. The molecule has 0 saturated carbocycles. The summed E-state index contributed by atoms with van der Waals surface area (Å²) in [6.07, 6.45) is -5.07. The molecule has 0 radical (unpaired) electrons. The van der Waals surface area contributed by atoms with Crippen molar-refractivity contribution in [3.05, 3.63) is 52.1 Å². The predicted octanol–water partition coefficient (Wildman–Crippen LogP) is 2.94. The van der Waals surface area contributed by atoms with Crippen molar-refractivity contribution >= 4 is 16.8 Å². The molecule has 0 unspecified atom stereocenters. The number of nitrogens with zero attached hydrogens (tertiary/aromatic N) is 2. The summed E-state index contributed by atoms with van der Waals surface area (Å²) in [6, 6.07) is 2.72. The zero-order valence-corrected chi connectivity index (χ0v) is 14.3. The monoisotopic (exact) mass is 400 g/mol. The van der Waals surface area contributed by atoms with Gasteiger partial charge in [-0.1, -0.05) is 0 Å². The van der Waals surface area contributed by atoms with Gasteiger partial charge in [-0.05, 0) is 23.8 Å². The smallest absolute Gasteiger partial charge is 0.346 e. The number of carbonyl (C=O) groups excluding carboxylic acids is 1. The summed E-state index contributed by atoms with van der Waals surface area (Å²) >= 11 is 0. The molecule has 1 amide bonds. The Morgan fingerprint density at radius 2 is 1.96 bits per heavy atom. The Kier molecular flexibility index (Phi) is 4.92. The SMILES string of the molecule is Cn1cc(C(=O)NCC(F)F)cc(-c2cc(C(F)(F)F)cc3[nH]ncc23)c1=O. The molecule has 11 heteroatoms. The van der Waals surface area contributed by atoms with Crippen molar-refractivity contribution < 1.29 is 26.7 Å². The van der Waals surface area contributed by atoms with Crippen molar-refractivity contribution in [3.63, 3.8) is 0 Å².